The van der Waals surface area contributed by atoms with Crippen LogP contribution in [0.4, 0.5) is 0 Å². The summed E-state index contributed by atoms with van der Waals surface area (Å²) in [4.78, 5) is 24.2. The Labute approximate surface area is 128 Å². The van der Waals surface area contributed by atoms with Gasteiger partial charge in [0.2, 0.25) is 0 Å². The van der Waals surface area contributed by atoms with E-state index in [0.717, 1.165) is 0 Å². The summed E-state index contributed by atoms with van der Waals surface area (Å²) in [5, 5.41) is 11.3. The number of rotatable bonds is 5. The van der Waals surface area contributed by atoms with Crippen LogP contribution >= 0.6 is 0 Å². The molecule has 0 aromatic carbocycles. The van der Waals surface area contributed by atoms with Crippen LogP contribution in [-0.4, -0.2) is 54.5 Å². The minimum atomic E-state index is -3.42. The standard InChI is InChI=1S/C13H17N3O5S/c1-9(2-5-12(17)18)14-13(19)10-3-4-11-15-22(20,21)7-6-16(11)8-10/h3-4,8-9H,2,5-7H2,1H3,(H,14,19)(H,17,18). The number of fused-ring (bicyclic) bond motifs is 1. The molecule has 0 spiro atoms. The second-order valence-corrected chi connectivity index (χ2v) is 6.91. The number of hydrogen-bond acceptors (Lipinski definition) is 5. The molecule has 1 atom stereocenters. The highest BCUT2D eigenvalue weighted by molar-refractivity contribution is 7.90. The van der Waals surface area contributed by atoms with Crippen molar-refractivity contribution in [1.82, 2.24) is 10.2 Å². The van der Waals surface area contributed by atoms with Crippen molar-refractivity contribution in [3.05, 3.63) is 23.9 Å². The first-order valence-corrected chi connectivity index (χ1v) is 8.39. The third-order valence-corrected chi connectivity index (χ3v) is 4.42. The van der Waals surface area contributed by atoms with Gasteiger partial charge >= 0.3 is 5.97 Å². The Hall–Kier alpha value is -2.16. The first kappa shape index (κ1) is 16.2. The van der Waals surface area contributed by atoms with Crippen LogP contribution in [0, 0.1) is 0 Å². The monoisotopic (exact) mass is 327 g/mol. The van der Waals surface area contributed by atoms with Gasteiger partial charge in [-0.3, -0.25) is 9.59 Å². The van der Waals surface area contributed by atoms with Gasteiger partial charge in [0, 0.05) is 25.2 Å². The maximum atomic E-state index is 12.1. The van der Waals surface area contributed by atoms with Crippen molar-refractivity contribution in [1.29, 1.82) is 0 Å². The Bertz CT molecular complexity index is 678. The van der Waals surface area contributed by atoms with Crippen LogP contribution in [0.2, 0.25) is 0 Å². The fourth-order valence-electron chi connectivity index (χ4n) is 2.05. The van der Waals surface area contributed by atoms with E-state index in [2.05, 4.69) is 9.71 Å². The van der Waals surface area contributed by atoms with E-state index in [0.29, 0.717) is 17.8 Å². The van der Waals surface area contributed by atoms with Gasteiger partial charge in [-0.15, -0.1) is 4.40 Å². The molecule has 0 bridgehead atoms. The average molecular weight is 327 g/mol. The van der Waals surface area contributed by atoms with Crippen molar-refractivity contribution in [2.24, 2.45) is 4.40 Å². The Morgan fingerprint density at radius 2 is 2.18 bits per heavy atom. The van der Waals surface area contributed by atoms with Crippen LogP contribution in [-0.2, 0) is 19.6 Å². The van der Waals surface area contributed by atoms with E-state index in [9.17, 15) is 18.0 Å². The van der Waals surface area contributed by atoms with Crippen LogP contribution in [0.25, 0.3) is 0 Å². The van der Waals surface area contributed by atoms with Crippen LogP contribution in [0.5, 0.6) is 0 Å². The molecule has 2 aliphatic rings. The number of carbonyl (C=O) groups is 2. The molecule has 1 amide bonds. The third kappa shape index (κ3) is 4.17. The number of sulfonamides is 1. The number of hydrogen-bond donors (Lipinski definition) is 2. The molecule has 0 saturated carbocycles. The molecule has 0 radical (unpaired) electrons. The Balaban J connectivity index is 2.00. The fourth-order valence-corrected chi connectivity index (χ4v) is 3.02. The van der Waals surface area contributed by atoms with Crippen LogP contribution < -0.4 is 5.32 Å². The maximum absolute atomic E-state index is 12.1. The average Bonchev–Trinajstić information content (AvgIpc) is 2.43. The number of amidine groups is 1. The molecule has 2 aliphatic heterocycles. The summed E-state index contributed by atoms with van der Waals surface area (Å²) < 4.78 is 26.4. The molecule has 0 aromatic heterocycles. The number of aliphatic carboxylic acids is 1. The van der Waals surface area contributed by atoms with E-state index in [1.54, 1.807) is 18.0 Å². The SMILES string of the molecule is CC(CCC(=O)O)NC(=O)C1=CN2CCS(=O)(=O)N=C2C=C1. The molecular formula is C13H17N3O5S. The van der Waals surface area contributed by atoms with Gasteiger partial charge < -0.3 is 15.3 Å². The molecular weight excluding hydrogens is 310 g/mol. The number of amides is 1. The Morgan fingerprint density at radius 1 is 1.45 bits per heavy atom. The molecule has 2 heterocycles. The van der Waals surface area contributed by atoms with Crippen molar-refractivity contribution in [3.63, 3.8) is 0 Å². The van der Waals surface area contributed by atoms with E-state index >= 15 is 0 Å². The summed E-state index contributed by atoms with van der Waals surface area (Å²) in [5.74, 6) is -1.04. The normalized spacial score (nSPS) is 20.5. The molecule has 2 N–H and O–H groups in total. The first-order chi connectivity index (χ1) is 10.3. The summed E-state index contributed by atoms with van der Waals surface area (Å²) in [6.07, 6.45) is 4.85. The number of nitrogens with one attached hydrogen (secondary N) is 1. The van der Waals surface area contributed by atoms with Crippen molar-refractivity contribution < 1.29 is 23.1 Å². The molecule has 0 saturated heterocycles. The smallest absolute Gasteiger partial charge is 0.303 e. The predicted octanol–water partition coefficient (Wildman–Crippen LogP) is -0.146. The van der Waals surface area contributed by atoms with Crippen molar-refractivity contribution >= 4 is 27.7 Å². The minimum Gasteiger partial charge on any atom is -0.481 e. The number of carboxylic acids is 1. The molecule has 9 heteroatoms. The highest BCUT2D eigenvalue weighted by atomic mass is 32.2. The summed E-state index contributed by atoms with van der Waals surface area (Å²) in [7, 11) is -3.42. The summed E-state index contributed by atoms with van der Waals surface area (Å²) >= 11 is 0. The maximum Gasteiger partial charge on any atom is 0.303 e. The molecule has 120 valence electrons. The van der Waals surface area contributed by atoms with Crippen LogP contribution in [0.3, 0.4) is 0 Å². The lowest BCUT2D eigenvalue weighted by molar-refractivity contribution is -0.137. The van der Waals surface area contributed by atoms with Gasteiger partial charge in [0.15, 0.2) is 0 Å². The predicted molar refractivity (Wildman–Crippen MR) is 79.6 cm³/mol. The van der Waals surface area contributed by atoms with E-state index in [1.165, 1.54) is 12.2 Å². The van der Waals surface area contributed by atoms with Crippen molar-refractivity contribution in [3.8, 4) is 0 Å². The highest BCUT2D eigenvalue weighted by Gasteiger charge is 2.25. The van der Waals surface area contributed by atoms with Crippen LogP contribution in [0.1, 0.15) is 19.8 Å². The number of nitrogens with zero attached hydrogens (tertiary/aromatic N) is 2. The second kappa shape index (κ2) is 6.30. The lowest BCUT2D eigenvalue weighted by Gasteiger charge is -2.27. The van der Waals surface area contributed by atoms with Crippen LogP contribution in [0.15, 0.2) is 28.3 Å². The topological polar surface area (TPSA) is 116 Å². The third-order valence-electron chi connectivity index (χ3n) is 3.25. The summed E-state index contributed by atoms with van der Waals surface area (Å²) in [6, 6.07) is -0.269. The lowest BCUT2D eigenvalue weighted by Crippen LogP contribution is -2.39. The zero-order chi connectivity index (χ0) is 16.3. The van der Waals surface area contributed by atoms with Gasteiger partial charge in [0.1, 0.15) is 5.84 Å². The summed E-state index contributed by atoms with van der Waals surface area (Å²) in [5.41, 5.74) is 0.375. The molecule has 0 aromatic rings. The van der Waals surface area contributed by atoms with Gasteiger partial charge in [-0.25, -0.2) is 8.42 Å². The highest BCUT2D eigenvalue weighted by Crippen LogP contribution is 2.16. The molecule has 22 heavy (non-hydrogen) atoms. The van der Waals surface area contributed by atoms with E-state index < -0.39 is 16.0 Å². The minimum absolute atomic E-state index is 0.0167. The van der Waals surface area contributed by atoms with Crippen molar-refractivity contribution in [2.75, 3.05) is 12.3 Å². The van der Waals surface area contributed by atoms with E-state index in [-0.39, 0.29) is 30.7 Å². The zero-order valence-corrected chi connectivity index (χ0v) is 12.8. The lowest BCUT2D eigenvalue weighted by atomic mass is 10.1. The summed E-state index contributed by atoms with van der Waals surface area (Å²) in [6.45, 7) is 1.98. The zero-order valence-electron chi connectivity index (χ0n) is 12.0. The second-order valence-electron chi connectivity index (χ2n) is 5.15. The largest absolute Gasteiger partial charge is 0.481 e. The van der Waals surface area contributed by atoms with Gasteiger partial charge in [0.05, 0.1) is 11.3 Å². The Morgan fingerprint density at radius 3 is 2.86 bits per heavy atom. The number of carboxylic acid groups (broad SMARTS) is 1. The Kier molecular flexibility index (Phi) is 4.65. The first-order valence-electron chi connectivity index (χ1n) is 6.79. The molecule has 2 rings (SSSR count). The van der Waals surface area contributed by atoms with Gasteiger partial charge in [-0.2, -0.15) is 0 Å². The quantitative estimate of drug-likeness (QED) is 0.725. The van der Waals surface area contributed by atoms with Gasteiger partial charge in [-0.1, -0.05) is 0 Å². The molecule has 0 fully saturated rings. The van der Waals surface area contributed by atoms with Gasteiger partial charge in [0.25, 0.3) is 15.9 Å². The molecule has 0 aliphatic carbocycles. The van der Waals surface area contributed by atoms with E-state index in [1.807, 2.05) is 0 Å². The van der Waals surface area contributed by atoms with E-state index in [4.69, 9.17) is 5.11 Å². The van der Waals surface area contributed by atoms with Gasteiger partial charge in [-0.05, 0) is 25.5 Å². The van der Waals surface area contributed by atoms with Crippen molar-refractivity contribution in [2.45, 2.75) is 25.8 Å². The number of carbonyl (C=O) groups excluding carboxylic acids is 1. The molecule has 1 unspecified atom stereocenters. The fraction of sp³-hybridized carbons (Fsp3) is 0.462. The molecule has 8 nitrogen and oxygen atoms in total.